The lowest BCUT2D eigenvalue weighted by Crippen LogP contribution is -2.28. The number of nitrogens with zero attached hydrogens (tertiary/aromatic N) is 1. The van der Waals surface area contributed by atoms with E-state index in [0.717, 1.165) is 23.8 Å². The fourth-order valence-electron chi connectivity index (χ4n) is 5.59. The van der Waals surface area contributed by atoms with Crippen molar-refractivity contribution in [2.45, 2.75) is 70.6 Å². The second-order valence-corrected chi connectivity index (χ2v) is 8.92. The van der Waals surface area contributed by atoms with Crippen LogP contribution in [0.2, 0.25) is 0 Å². The summed E-state index contributed by atoms with van der Waals surface area (Å²) >= 11 is 0. The van der Waals surface area contributed by atoms with Crippen molar-refractivity contribution in [1.82, 2.24) is 0 Å². The van der Waals surface area contributed by atoms with Crippen molar-refractivity contribution in [3.05, 3.63) is 58.7 Å². The Kier molecular flexibility index (Phi) is 5.99. The molecule has 0 N–H and O–H groups in total. The molecule has 152 valence electrons. The summed E-state index contributed by atoms with van der Waals surface area (Å²) in [4.78, 5) is 0. The molecule has 0 heterocycles. The quantitative estimate of drug-likeness (QED) is 0.482. The molecule has 1 saturated carbocycles. The van der Waals surface area contributed by atoms with Crippen LogP contribution in [0.25, 0.3) is 11.1 Å². The molecule has 0 spiro atoms. The summed E-state index contributed by atoms with van der Waals surface area (Å²) in [5, 5.41) is 8.88. The Morgan fingerprint density at radius 1 is 1.00 bits per heavy atom. The van der Waals surface area contributed by atoms with Gasteiger partial charge in [-0.2, -0.15) is 5.26 Å². The third-order valence-electron chi connectivity index (χ3n) is 7.12. The van der Waals surface area contributed by atoms with E-state index in [1.165, 1.54) is 74.6 Å². The van der Waals surface area contributed by atoms with Gasteiger partial charge in [-0.3, -0.25) is 0 Å². The number of halogens is 2. The van der Waals surface area contributed by atoms with Gasteiger partial charge in [0, 0.05) is 0 Å². The lowest BCUT2D eigenvalue weighted by Gasteiger charge is -2.41. The SMILES string of the molecule is CCCCC[C@@H]1CC[C@@H]2c3ccc(-c4cc(F)c(C#N)c(F)c4)cc3CC[C@H]2C1. The van der Waals surface area contributed by atoms with Gasteiger partial charge in [-0.15, -0.1) is 0 Å². The summed E-state index contributed by atoms with van der Waals surface area (Å²) in [6.07, 6.45) is 11.6. The van der Waals surface area contributed by atoms with Crippen LogP contribution in [0.4, 0.5) is 8.78 Å². The molecule has 0 aliphatic heterocycles. The van der Waals surface area contributed by atoms with Crippen LogP contribution < -0.4 is 0 Å². The molecule has 3 atom stereocenters. The molecule has 2 aliphatic rings. The predicted octanol–water partition coefficient (Wildman–Crippen LogP) is 7.53. The first-order valence-corrected chi connectivity index (χ1v) is 11.1. The molecule has 0 unspecified atom stereocenters. The van der Waals surface area contributed by atoms with Gasteiger partial charge in [0.15, 0.2) is 0 Å². The molecule has 2 aromatic carbocycles. The maximum absolute atomic E-state index is 14.0. The third kappa shape index (κ3) is 4.08. The highest BCUT2D eigenvalue weighted by molar-refractivity contribution is 5.66. The molecule has 1 fully saturated rings. The molecule has 4 rings (SSSR count). The second kappa shape index (κ2) is 8.66. The molecule has 0 bridgehead atoms. The van der Waals surface area contributed by atoms with Gasteiger partial charge in [0.2, 0.25) is 0 Å². The van der Waals surface area contributed by atoms with Gasteiger partial charge in [-0.1, -0.05) is 50.8 Å². The fourth-order valence-corrected chi connectivity index (χ4v) is 5.59. The highest BCUT2D eigenvalue weighted by Gasteiger charge is 2.35. The minimum absolute atomic E-state index is 0.503. The number of nitriles is 1. The predicted molar refractivity (Wildman–Crippen MR) is 113 cm³/mol. The van der Waals surface area contributed by atoms with E-state index in [2.05, 4.69) is 19.1 Å². The van der Waals surface area contributed by atoms with E-state index < -0.39 is 17.2 Å². The van der Waals surface area contributed by atoms with Crippen molar-refractivity contribution < 1.29 is 8.78 Å². The Labute approximate surface area is 172 Å². The first kappa shape index (κ1) is 20.1. The Hall–Kier alpha value is -2.21. The Morgan fingerprint density at radius 2 is 1.79 bits per heavy atom. The molecular formula is C26H29F2N. The van der Waals surface area contributed by atoms with E-state index in [-0.39, 0.29) is 0 Å². The highest BCUT2D eigenvalue weighted by atomic mass is 19.1. The van der Waals surface area contributed by atoms with E-state index in [4.69, 9.17) is 5.26 Å². The van der Waals surface area contributed by atoms with Crippen LogP contribution in [-0.2, 0) is 6.42 Å². The van der Waals surface area contributed by atoms with E-state index >= 15 is 0 Å². The number of rotatable bonds is 5. The summed E-state index contributed by atoms with van der Waals surface area (Å²) in [7, 11) is 0. The molecule has 2 aliphatic carbocycles. The number of aryl methyl sites for hydroxylation is 1. The summed E-state index contributed by atoms with van der Waals surface area (Å²) in [5.41, 5.74) is 3.61. The van der Waals surface area contributed by atoms with Crippen LogP contribution in [0, 0.1) is 34.8 Å². The zero-order valence-corrected chi connectivity index (χ0v) is 17.2. The van der Waals surface area contributed by atoms with E-state index in [0.29, 0.717) is 11.5 Å². The van der Waals surface area contributed by atoms with Crippen LogP contribution in [-0.4, -0.2) is 0 Å². The molecule has 0 amide bonds. The van der Waals surface area contributed by atoms with Gasteiger partial charge in [0.05, 0.1) is 0 Å². The summed E-state index contributed by atoms with van der Waals surface area (Å²) < 4.78 is 28.1. The Bertz CT molecular complexity index is 904. The van der Waals surface area contributed by atoms with Crippen LogP contribution >= 0.6 is 0 Å². The molecule has 1 nitrogen and oxygen atoms in total. The van der Waals surface area contributed by atoms with Crippen LogP contribution in [0.15, 0.2) is 30.3 Å². The van der Waals surface area contributed by atoms with Crippen LogP contribution in [0.5, 0.6) is 0 Å². The lowest BCUT2D eigenvalue weighted by molar-refractivity contribution is 0.199. The number of unbranched alkanes of at least 4 members (excludes halogenated alkanes) is 2. The van der Waals surface area contributed by atoms with Gasteiger partial charge in [0.1, 0.15) is 23.3 Å². The van der Waals surface area contributed by atoms with E-state index in [9.17, 15) is 8.78 Å². The topological polar surface area (TPSA) is 23.8 Å². The zero-order valence-electron chi connectivity index (χ0n) is 17.2. The average molecular weight is 394 g/mol. The van der Waals surface area contributed by atoms with Crippen molar-refractivity contribution in [3.8, 4) is 17.2 Å². The van der Waals surface area contributed by atoms with Gasteiger partial charge >= 0.3 is 0 Å². The van der Waals surface area contributed by atoms with Crippen molar-refractivity contribution >= 4 is 0 Å². The largest absolute Gasteiger partial charge is 0.205 e. The number of fused-ring (bicyclic) bond motifs is 3. The molecule has 2 aromatic rings. The summed E-state index contributed by atoms with van der Waals surface area (Å²) in [6, 6.07) is 10.4. The van der Waals surface area contributed by atoms with Gasteiger partial charge < -0.3 is 0 Å². The third-order valence-corrected chi connectivity index (χ3v) is 7.12. The standard InChI is InChI=1S/C26H29F2N/c1-2-3-4-5-17-6-10-22-19(12-17)7-8-20-13-18(9-11-23(20)22)21-14-25(27)24(16-29)26(28)15-21/h9,11,13-15,17,19,22H,2-8,10,12H2,1H3/t17-,19+,22+/m1/s1. The van der Waals surface area contributed by atoms with Crippen molar-refractivity contribution in [2.75, 3.05) is 0 Å². The number of hydrogen-bond acceptors (Lipinski definition) is 1. The minimum atomic E-state index is -0.790. The highest BCUT2D eigenvalue weighted by Crippen LogP contribution is 2.48. The normalized spacial score (nSPS) is 23.2. The summed E-state index contributed by atoms with van der Waals surface area (Å²) in [6.45, 7) is 2.27. The van der Waals surface area contributed by atoms with E-state index in [1.807, 2.05) is 6.07 Å². The van der Waals surface area contributed by atoms with Crippen molar-refractivity contribution in [2.24, 2.45) is 11.8 Å². The monoisotopic (exact) mass is 393 g/mol. The van der Waals surface area contributed by atoms with Gasteiger partial charge in [-0.05, 0) is 84.2 Å². The Balaban J connectivity index is 1.53. The van der Waals surface area contributed by atoms with Crippen LogP contribution in [0.1, 0.15) is 80.9 Å². The van der Waals surface area contributed by atoms with Crippen LogP contribution in [0.3, 0.4) is 0 Å². The van der Waals surface area contributed by atoms with Crippen molar-refractivity contribution in [1.29, 1.82) is 5.26 Å². The van der Waals surface area contributed by atoms with Gasteiger partial charge in [-0.25, -0.2) is 8.78 Å². The number of benzene rings is 2. The molecular weight excluding hydrogens is 364 g/mol. The molecule has 0 radical (unpaired) electrons. The van der Waals surface area contributed by atoms with Crippen molar-refractivity contribution in [3.63, 3.8) is 0 Å². The fraction of sp³-hybridized carbons (Fsp3) is 0.500. The maximum Gasteiger partial charge on any atom is 0.144 e. The van der Waals surface area contributed by atoms with Gasteiger partial charge in [0.25, 0.3) is 0 Å². The average Bonchev–Trinajstić information content (AvgIpc) is 2.73. The summed E-state index contributed by atoms with van der Waals surface area (Å²) in [5.74, 6) is 0.750. The molecule has 3 heteroatoms. The first-order valence-electron chi connectivity index (χ1n) is 11.1. The minimum Gasteiger partial charge on any atom is -0.205 e. The van der Waals surface area contributed by atoms with E-state index in [1.54, 1.807) is 6.07 Å². The zero-order chi connectivity index (χ0) is 20.4. The smallest absolute Gasteiger partial charge is 0.144 e. The first-order chi connectivity index (χ1) is 14.1. The second-order valence-electron chi connectivity index (χ2n) is 8.92. The molecule has 0 saturated heterocycles. The molecule has 29 heavy (non-hydrogen) atoms. The lowest BCUT2D eigenvalue weighted by atomic mass is 9.64. The number of hydrogen-bond donors (Lipinski definition) is 0. The maximum atomic E-state index is 14.0. The Morgan fingerprint density at radius 3 is 2.52 bits per heavy atom. The molecule has 0 aromatic heterocycles.